The molecule has 0 saturated carbocycles. The monoisotopic (exact) mass is 312 g/mol. The Balaban J connectivity index is 1.54. The van der Waals surface area contributed by atoms with Gasteiger partial charge in [-0.05, 0) is 42.4 Å². The van der Waals surface area contributed by atoms with Gasteiger partial charge in [0.15, 0.2) is 0 Å². The Morgan fingerprint density at radius 1 is 0.870 bits per heavy atom. The molecule has 1 heterocycles. The zero-order chi connectivity index (χ0) is 16.1. The van der Waals surface area contributed by atoms with Crippen LogP contribution in [-0.2, 0) is 13.2 Å². The van der Waals surface area contributed by atoms with Gasteiger partial charge in [0.1, 0.15) is 12.4 Å². The van der Waals surface area contributed by atoms with Gasteiger partial charge in [0.2, 0.25) is 0 Å². The third kappa shape index (κ3) is 4.24. The third-order valence-electron chi connectivity index (χ3n) is 4.32. The zero-order valence-electron chi connectivity index (χ0n) is 13.6. The zero-order valence-corrected chi connectivity index (χ0v) is 13.6. The standard InChI is InChI=1S/C19H24N2O2/c1-20-10-12-21(13-11-20)18-6-8-19(9-7-18)23-15-17-4-2-16(14-22)3-5-17/h2-9,22H,10-15H2,1H3. The lowest BCUT2D eigenvalue weighted by atomic mass is 10.1. The smallest absolute Gasteiger partial charge is 0.119 e. The minimum Gasteiger partial charge on any atom is -0.489 e. The Bertz CT molecular complexity index is 602. The van der Waals surface area contributed by atoms with Crippen LogP contribution in [0, 0.1) is 0 Å². The van der Waals surface area contributed by atoms with Crippen molar-refractivity contribution in [3.05, 3.63) is 59.7 Å². The molecule has 1 aliphatic heterocycles. The van der Waals surface area contributed by atoms with E-state index >= 15 is 0 Å². The number of hydrogen-bond donors (Lipinski definition) is 1. The summed E-state index contributed by atoms with van der Waals surface area (Å²) < 4.78 is 5.84. The summed E-state index contributed by atoms with van der Waals surface area (Å²) in [6.07, 6.45) is 0. The lowest BCUT2D eigenvalue weighted by Gasteiger charge is -2.34. The van der Waals surface area contributed by atoms with E-state index in [1.165, 1.54) is 5.69 Å². The van der Waals surface area contributed by atoms with Gasteiger partial charge in [0, 0.05) is 31.9 Å². The maximum absolute atomic E-state index is 9.05. The first-order valence-corrected chi connectivity index (χ1v) is 8.09. The molecular weight excluding hydrogens is 288 g/mol. The molecule has 0 atom stereocenters. The Morgan fingerprint density at radius 3 is 2.09 bits per heavy atom. The quantitative estimate of drug-likeness (QED) is 0.920. The molecule has 1 N–H and O–H groups in total. The molecule has 0 bridgehead atoms. The van der Waals surface area contributed by atoms with Crippen molar-refractivity contribution in [2.75, 3.05) is 38.1 Å². The number of benzene rings is 2. The first kappa shape index (κ1) is 15.8. The number of likely N-dealkylation sites (N-methyl/N-ethyl adjacent to an activating group) is 1. The molecule has 4 heteroatoms. The average molecular weight is 312 g/mol. The highest BCUT2D eigenvalue weighted by Gasteiger charge is 2.13. The van der Waals surface area contributed by atoms with Crippen molar-refractivity contribution >= 4 is 5.69 Å². The minimum absolute atomic E-state index is 0.0783. The molecule has 2 aromatic carbocycles. The SMILES string of the molecule is CN1CCN(c2ccc(OCc3ccc(CO)cc3)cc2)CC1. The van der Waals surface area contributed by atoms with Crippen LogP contribution < -0.4 is 9.64 Å². The van der Waals surface area contributed by atoms with Crippen molar-refractivity contribution in [1.82, 2.24) is 4.90 Å². The number of aliphatic hydroxyl groups is 1. The second kappa shape index (κ2) is 7.49. The second-order valence-corrected chi connectivity index (χ2v) is 6.05. The Kier molecular flexibility index (Phi) is 5.16. The van der Waals surface area contributed by atoms with Gasteiger partial charge in [-0.3, -0.25) is 0 Å². The molecule has 1 saturated heterocycles. The van der Waals surface area contributed by atoms with Gasteiger partial charge in [-0.15, -0.1) is 0 Å². The highest BCUT2D eigenvalue weighted by Crippen LogP contribution is 2.21. The molecule has 1 aliphatic rings. The van der Waals surface area contributed by atoms with Gasteiger partial charge in [-0.2, -0.15) is 0 Å². The van der Waals surface area contributed by atoms with Gasteiger partial charge in [-0.1, -0.05) is 24.3 Å². The first-order chi connectivity index (χ1) is 11.2. The first-order valence-electron chi connectivity index (χ1n) is 8.09. The van der Waals surface area contributed by atoms with Crippen molar-refractivity contribution in [2.24, 2.45) is 0 Å². The fraction of sp³-hybridized carbons (Fsp3) is 0.368. The fourth-order valence-corrected chi connectivity index (χ4v) is 2.73. The molecule has 0 aliphatic carbocycles. The van der Waals surface area contributed by atoms with Crippen LogP contribution in [0.5, 0.6) is 5.75 Å². The van der Waals surface area contributed by atoms with E-state index in [1.807, 2.05) is 36.4 Å². The number of nitrogens with zero attached hydrogens (tertiary/aromatic N) is 2. The van der Waals surface area contributed by atoms with Gasteiger partial charge in [0.05, 0.1) is 6.61 Å². The van der Waals surface area contributed by atoms with E-state index in [2.05, 4.69) is 29.0 Å². The van der Waals surface area contributed by atoms with Gasteiger partial charge < -0.3 is 19.6 Å². The van der Waals surface area contributed by atoms with Crippen molar-refractivity contribution in [3.8, 4) is 5.75 Å². The topological polar surface area (TPSA) is 35.9 Å². The Hall–Kier alpha value is -2.04. The van der Waals surface area contributed by atoms with Crippen LogP contribution >= 0.6 is 0 Å². The van der Waals surface area contributed by atoms with Crippen LogP contribution in [-0.4, -0.2) is 43.2 Å². The molecule has 122 valence electrons. The Labute approximate surface area is 137 Å². The number of anilines is 1. The fourth-order valence-electron chi connectivity index (χ4n) is 2.73. The molecule has 0 aromatic heterocycles. The summed E-state index contributed by atoms with van der Waals surface area (Å²) in [7, 11) is 2.17. The van der Waals surface area contributed by atoms with E-state index in [1.54, 1.807) is 0 Å². The van der Waals surface area contributed by atoms with E-state index < -0.39 is 0 Å². The molecule has 2 aromatic rings. The van der Waals surface area contributed by atoms with Crippen LogP contribution in [0.4, 0.5) is 5.69 Å². The van der Waals surface area contributed by atoms with Gasteiger partial charge in [0.25, 0.3) is 0 Å². The summed E-state index contributed by atoms with van der Waals surface area (Å²) in [4.78, 5) is 4.77. The normalized spacial score (nSPS) is 15.7. The molecule has 1 fully saturated rings. The number of rotatable bonds is 5. The van der Waals surface area contributed by atoms with Crippen molar-refractivity contribution in [3.63, 3.8) is 0 Å². The Morgan fingerprint density at radius 2 is 1.48 bits per heavy atom. The van der Waals surface area contributed by atoms with E-state index in [0.29, 0.717) is 6.61 Å². The summed E-state index contributed by atoms with van der Waals surface area (Å²) in [5.74, 6) is 0.883. The largest absolute Gasteiger partial charge is 0.489 e. The number of piperazine rings is 1. The summed E-state index contributed by atoms with van der Waals surface area (Å²) in [5, 5.41) is 9.05. The van der Waals surface area contributed by atoms with Crippen molar-refractivity contribution in [2.45, 2.75) is 13.2 Å². The molecule has 4 nitrogen and oxygen atoms in total. The van der Waals surface area contributed by atoms with Crippen LogP contribution in [0.25, 0.3) is 0 Å². The minimum atomic E-state index is 0.0783. The summed E-state index contributed by atoms with van der Waals surface area (Å²) in [6.45, 7) is 5.00. The van der Waals surface area contributed by atoms with E-state index in [-0.39, 0.29) is 6.61 Å². The van der Waals surface area contributed by atoms with Crippen molar-refractivity contribution < 1.29 is 9.84 Å². The summed E-state index contributed by atoms with van der Waals surface area (Å²) in [5.41, 5.74) is 3.29. The lowest BCUT2D eigenvalue weighted by Crippen LogP contribution is -2.44. The predicted molar refractivity (Wildman–Crippen MR) is 92.8 cm³/mol. The highest BCUT2D eigenvalue weighted by molar-refractivity contribution is 5.49. The van der Waals surface area contributed by atoms with Gasteiger partial charge >= 0.3 is 0 Å². The summed E-state index contributed by atoms with van der Waals surface area (Å²) >= 11 is 0. The van der Waals surface area contributed by atoms with E-state index in [9.17, 15) is 0 Å². The molecule has 0 unspecified atom stereocenters. The number of hydrogen-bond acceptors (Lipinski definition) is 4. The van der Waals surface area contributed by atoms with Crippen LogP contribution in [0.2, 0.25) is 0 Å². The van der Waals surface area contributed by atoms with Crippen LogP contribution in [0.3, 0.4) is 0 Å². The average Bonchev–Trinajstić information content (AvgIpc) is 2.61. The third-order valence-corrected chi connectivity index (χ3v) is 4.32. The van der Waals surface area contributed by atoms with Crippen LogP contribution in [0.15, 0.2) is 48.5 Å². The maximum atomic E-state index is 9.05. The number of ether oxygens (including phenoxy) is 1. The molecule has 0 radical (unpaired) electrons. The molecular formula is C19H24N2O2. The lowest BCUT2D eigenvalue weighted by molar-refractivity contribution is 0.281. The van der Waals surface area contributed by atoms with E-state index in [0.717, 1.165) is 43.1 Å². The second-order valence-electron chi connectivity index (χ2n) is 6.05. The molecule has 0 amide bonds. The summed E-state index contributed by atoms with van der Waals surface area (Å²) in [6, 6.07) is 16.2. The molecule has 23 heavy (non-hydrogen) atoms. The molecule has 3 rings (SSSR count). The molecule has 0 spiro atoms. The van der Waals surface area contributed by atoms with Crippen LogP contribution in [0.1, 0.15) is 11.1 Å². The predicted octanol–water partition coefficient (Wildman–Crippen LogP) is 2.51. The van der Waals surface area contributed by atoms with E-state index in [4.69, 9.17) is 9.84 Å². The van der Waals surface area contributed by atoms with Crippen molar-refractivity contribution in [1.29, 1.82) is 0 Å². The maximum Gasteiger partial charge on any atom is 0.119 e. The number of aliphatic hydroxyl groups excluding tert-OH is 1. The van der Waals surface area contributed by atoms with Gasteiger partial charge in [-0.25, -0.2) is 0 Å². The highest BCUT2D eigenvalue weighted by atomic mass is 16.5.